The molecule has 0 fully saturated rings. The number of aromatic nitrogens is 2. The van der Waals surface area contributed by atoms with Gasteiger partial charge in [-0.25, -0.2) is 0 Å². The van der Waals surface area contributed by atoms with Crippen LogP contribution in [0.1, 0.15) is 0 Å². The topological polar surface area (TPSA) is 9.86 Å². The standard InChI is InChI=1S/C42H26N2S/c1-2-10-27(11-3-1)29-22-24-32(25-23-29)43-36-17-8-14-33(31-21-20-28-12-4-5-13-30(28)26-31)39(36)40-34-15-9-19-38-41(34)44(42(40)43)35-16-6-7-18-37(35)45-38/h1-26H. The molecule has 7 aromatic carbocycles. The van der Waals surface area contributed by atoms with Crippen LogP contribution in [0.3, 0.4) is 0 Å². The zero-order chi connectivity index (χ0) is 29.5. The Hall–Kier alpha value is -5.51. The summed E-state index contributed by atoms with van der Waals surface area (Å²) in [5.41, 5.74) is 11.0. The average Bonchev–Trinajstić information content (AvgIpc) is 3.63. The highest BCUT2D eigenvalue weighted by Gasteiger charge is 2.28. The summed E-state index contributed by atoms with van der Waals surface area (Å²) in [5, 5.41) is 6.40. The quantitative estimate of drug-likeness (QED) is 0.199. The van der Waals surface area contributed by atoms with E-state index in [1.807, 2.05) is 11.8 Å². The summed E-state index contributed by atoms with van der Waals surface area (Å²) >= 11 is 1.87. The van der Waals surface area contributed by atoms with E-state index in [-0.39, 0.29) is 0 Å². The Balaban J connectivity index is 1.35. The van der Waals surface area contributed by atoms with Crippen molar-refractivity contribution < 1.29 is 0 Å². The van der Waals surface area contributed by atoms with Gasteiger partial charge in [-0.1, -0.05) is 127 Å². The zero-order valence-corrected chi connectivity index (χ0v) is 25.1. The van der Waals surface area contributed by atoms with E-state index in [1.54, 1.807) is 0 Å². The molecule has 0 N–H and O–H groups in total. The first kappa shape index (κ1) is 24.9. The van der Waals surface area contributed by atoms with Gasteiger partial charge in [-0.2, -0.15) is 0 Å². The Morgan fingerprint density at radius 1 is 0.444 bits per heavy atom. The Labute approximate surface area is 264 Å². The Morgan fingerprint density at radius 2 is 1.16 bits per heavy atom. The lowest BCUT2D eigenvalue weighted by molar-refractivity contribution is 1.03. The highest BCUT2D eigenvalue weighted by Crippen LogP contribution is 2.50. The van der Waals surface area contributed by atoms with Crippen LogP contribution in [0.4, 0.5) is 0 Å². The number of nitrogens with zero attached hydrogens (tertiary/aromatic N) is 2. The van der Waals surface area contributed by atoms with Crippen LogP contribution in [0.5, 0.6) is 0 Å². The van der Waals surface area contributed by atoms with Gasteiger partial charge in [0.2, 0.25) is 0 Å². The van der Waals surface area contributed by atoms with Crippen LogP contribution in [0.2, 0.25) is 0 Å². The SMILES string of the molecule is c1ccc(-c2ccc(-n3c4cccc(-c5ccc6ccccc6c5)c4c4c5cccc6c5n(c43)-c3ccccc3S6)cc2)cc1. The molecule has 0 unspecified atom stereocenters. The van der Waals surface area contributed by atoms with Crippen LogP contribution < -0.4 is 0 Å². The summed E-state index contributed by atoms with van der Waals surface area (Å²) in [4.78, 5) is 2.57. The van der Waals surface area contributed by atoms with Gasteiger partial charge < -0.3 is 0 Å². The highest BCUT2D eigenvalue weighted by molar-refractivity contribution is 7.99. The average molecular weight is 591 g/mol. The number of fused-ring (bicyclic) bond motifs is 8. The summed E-state index contributed by atoms with van der Waals surface area (Å²) in [5.74, 6) is 0. The van der Waals surface area contributed by atoms with Crippen molar-refractivity contribution >= 4 is 55.4 Å². The van der Waals surface area contributed by atoms with Gasteiger partial charge in [0.25, 0.3) is 0 Å². The van der Waals surface area contributed by atoms with Crippen molar-refractivity contribution in [3.05, 3.63) is 158 Å². The minimum Gasteiger partial charge on any atom is -0.295 e. The van der Waals surface area contributed by atoms with Crippen LogP contribution in [-0.4, -0.2) is 9.13 Å². The summed E-state index contributed by atoms with van der Waals surface area (Å²) in [6.45, 7) is 0. The summed E-state index contributed by atoms with van der Waals surface area (Å²) in [7, 11) is 0. The molecule has 1 aliphatic rings. The van der Waals surface area contributed by atoms with E-state index in [0.29, 0.717) is 0 Å². The van der Waals surface area contributed by atoms with E-state index in [1.165, 1.54) is 81.3 Å². The molecule has 0 radical (unpaired) electrons. The molecule has 0 bridgehead atoms. The van der Waals surface area contributed by atoms with Crippen molar-refractivity contribution in [2.45, 2.75) is 9.79 Å². The van der Waals surface area contributed by atoms with E-state index in [4.69, 9.17) is 0 Å². The molecule has 1 aliphatic heterocycles. The van der Waals surface area contributed by atoms with Gasteiger partial charge in [0.05, 0.1) is 16.7 Å². The Bertz CT molecular complexity index is 2610. The lowest BCUT2D eigenvalue weighted by Gasteiger charge is -2.21. The van der Waals surface area contributed by atoms with Gasteiger partial charge in [0, 0.05) is 31.6 Å². The number of para-hydroxylation sites is 2. The van der Waals surface area contributed by atoms with E-state index >= 15 is 0 Å². The predicted molar refractivity (Wildman–Crippen MR) is 190 cm³/mol. The maximum atomic E-state index is 2.51. The van der Waals surface area contributed by atoms with Crippen LogP contribution in [0.25, 0.3) is 77.2 Å². The maximum Gasteiger partial charge on any atom is 0.131 e. The summed E-state index contributed by atoms with van der Waals surface area (Å²) < 4.78 is 5.00. The monoisotopic (exact) mass is 590 g/mol. The number of hydrogen-bond acceptors (Lipinski definition) is 1. The zero-order valence-electron chi connectivity index (χ0n) is 24.3. The van der Waals surface area contributed by atoms with Crippen LogP contribution in [0.15, 0.2) is 168 Å². The van der Waals surface area contributed by atoms with E-state index in [0.717, 1.165) is 5.69 Å². The molecule has 0 saturated heterocycles. The van der Waals surface area contributed by atoms with E-state index in [9.17, 15) is 0 Å². The molecule has 0 aliphatic carbocycles. The molecule has 0 saturated carbocycles. The lowest BCUT2D eigenvalue weighted by Crippen LogP contribution is -2.05. The Morgan fingerprint density at radius 3 is 2.04 bits per heavy atom. The molecule has 3 heteroatoms. The second-order valence-corrected chi connectivity index (χ2v) is 12.8. The summed E-state index contributed by atoms with van der Waals surface area (Å²) in [6, 6.07) is 57.6. The highest BCUT2D eigenvalue weighted by atomic mass is 32.2. The molecule has 10 rings (SSSR count). The van der Waals surface area contributed by atoms with Gasteiger partial charge in [-0.05, 0) is 75.5 Å². The van der Waals surface area contributed by atoms with Crippen molar-refractivity contribution in [3.63, 3.8) is 0 Å². The van der Waals surface area contributed by atoms with Crippen LogP contribution in [-0.2, 0) is 0 Å². The van der Waals surface area contributed by atoms with Gasteiger partial charge in [-0.3, -0.25) is 9.13 Å². The molecule has 0 atom stereocenters. The minimum absolute atomic E-state index is 1.15. The molecule has 2 nitrogen and oxygen atoms in total. The molecule has 3 heterocycles. The number of hydrogen-bond donors (Lipinski definition) is 0. The fraction of sp³-hybridized carbons (Fsp3) is 0. The van der Waals surface area contributed by atoms with Crippen molar-refractivity contribution in [2.75, 3.05) is 0 Å². The minimum atomic E-state index is 1.15. The van der Waals surface area contributed by atoms with Crippen molar-refractivity contribution in [2.24, 2.45) is 0 Å². The van der Waals surface area contributed by atoms with Gasteiger partial charge in [0.1, 0.15) is 5.65 Å². The predicted octanol–water partition coefficient (Wildman–Crippen LogP) is 11.7. The van der Waals surface area contributed by atoms with Gasteiger partial charge >= 0.3 is 0 Å². The number of benzene rings is 7. The van der Waals surface area contributed by atoms with Crippen molar-refractivity contribution in [3.8, 4) is 33.6 Å². The third-order valence-corrected chi connectivity index (χ3v) is 10.4. The molecular formula is C42H26N2S. The Kier molecular flexibility index (Phi) is 5.25. The third-order valence-electron chi connectivity index (χ3n) is 9.29. The van der Waals surface area contributed by atoms with E-state index in [2.05, 4.69) is 167 Å². The number of rotatable bonds is 3. The molecule has 210 valence electrons. The van der Waals surface area contributed by atoms with Crippen molar-refractivity contribution in [1.82, 2.24) is 9.13 Å². The second kappa shape index (κ2) is 9.49. The molecule has 2 aromatic heterocycles. The van der Waals surface area contributed by atoms with E-state index < -0.39 is 0 Å². The smallest absolute Gasteiger partial charge is 0.131 e. The van der Waals surface area contributed by atoms with Crippen LogP contribution >= 0.6 is 11.8 Å². The van der Waals surface area contributed by atoms with Crippen molar-refractivity contribution in [1.29, 1.82) is 0 Å². The molecule has 0 amide bonds. The maximum absolute atomic E-state index is 2.51. The first-order valence-electron chi connectivity index (χ1n) is 15.4. The fourth-order valence-corrected chi connectivity index (χ4v) is 8.40. The summed E-state index contributed by atoms with van der Waals surface area (Å²) in [6.07, 6.45) is 0. The molecule has 9 aromatic rings. The normalized spacial score (nSPS) is 12.4. The fourth-order valence-electron chi connectivity index (χ4n) is 7.31. The van der Waals surface area contributed by atoms with Crippen LogP contribution in [0, 0.1) is 0 Å². The first-order chi connectivity index (χ1) is 22.3. The molecule has 0 spiro atoms. The second-order valence-electron chi connectivity index (χ2n) is 11.8. The van der Waals surface area contributed by atoms with Gasteiger partial charge in [0.15, 0.2) is 0 Å². The molecule has 45 heavy (non-hydrogen) atoms. The molecular weight excluding hydrogens is 565 g/mol. The lowest BCUT2D eigenvalue weighted by atomic mass is 9.97. The largest absolute Gasteiger partial charge is 0.295 e. The first-order valence-corrected chi connectivity index (χ1v) is 16.2. The van der Waals surface area contributed by atoms with Gasteiger partial charge in [-0.15, -0.1) is 0 Å². The third kappa shape index (κ3) is 3.59.